The molecule has 0 saturated carbocycles. The first-order valence-corrected chi connectivity index (χ1v) is 8.85. The van der Waals surface area contributed by atoms with Gasteiger partial charge in [0.15, 0.2) is 6.61 Å². The van der Waals surface area contributed by atoms with E-state index in [1.54, 1.807) is 23.1 Å². The van der Waals surface area contributed by atoms with Crippen LogP contribution in [0.4, 0.5) is 13.2 Å². The molecule has 1 atom stereocenters. The molecule has 1 aliphatic heterocycles. The molecule has 2 heterocycles. The van der Waals surface area contributed by atoms with E-state index in [9.17, 15) is 18.0 Å². The summed E-state index contributed by atoms with van der Waals surface area (Å²) in [5.74, 6) is 0.689. The highest BCUT2D eigenvalue weighted by atomic mass is 19.4. The average Bonchev–Trinajstić information content (AvgIpc) is 2.69. The highest BCUT2D eigenvalue weighted by Crippen LogP contribution is 2.28. The van der Waals surface area contributed by atoms with Crippen molar-refractivity contribution < 1.29 is 27.4 Å². The summed E-state index contributed by atoms with van der Waals surface area (Å²) in [6.07, 6.45) is 3.16. The van der Waals surface area contributed by atoms with Crippen LogP contribution in [0, 0.1) is 5.92 Å². The van der Waals surface area contributed by atoms with Crippen molar-refractivity contribution >= 4 is 5.91 Å². The minimum atomic E-state index is -4.51. The van der Waals surface area contributed by atoms with Gasteiger partial charge in [0.05, 0.1) is 12.8 Å². The number of allylic oxidation sites excluding steroid dienone is 3. The van der Waals surface area contributed by atoms with Crippen LogP contribution in [0.15, 0.2) is 55.5 Å². The molecule has 1 unspecified atom stereocenters. The normalized spacial score (nSPS) is 17.8. The van der Waals surface area contributed by atoms with E-state index in [1.807, 2.05) is 0 Å². The van der Waals surface area contributed by atoms with E-state index in [-0.39, 0.29) is 24.2 Å². The quantitative estimate of drug-likeness (QED) is 0.493. The number of halogens is 3. The number of aromatic nitrogens is 1. The summed E-state index contributed by atoms with van der Waals surface area (Å²) in [7, 11) is 0. The number of hydrogen-bond donors (Lipinski definition) is 0. The monoisotopic (exact) mass is 396 g/mol. The van der Waals surface area contributed by atoms with E-state index < -0.39 is 11.9 Å². The van der Waals surface area contributed by atoms with Gasteiger partial charge in [-0.15, -0.1) is 0 Å². The van der Waals surface area contributed by atoms with Crippen LogP contribution in [0.3, 0.4) is 0 Å². The van der Waals surface area contributed by atoms with Crippen molar-refractivity contribution in [2.45, 2.75) is 19.0 Å². The van der Waals surface area contributed by atoms with Gasteiger partial charge in [0.1, 0.15) is 17.2 Å². The average molecular weight is 396 g/mol. The molecule has 5 nitrogen and oxygen atoms in total. The first kappa shape index (κ1) is 21.5. The second-order valence-corrected chi connectivity index (χ2v) is 6.33. The van der Waals surface area contributed by atoms with E-state index >= 15 is 0 Å². The number of alkyl halides is 3. The number of ether oxygens (including phenoxy) is 2. The molecule has 1 amide bonds. The Hall–Kier alpha value is -2.77. The zero-order valence-electron chi connectivity index (χ0n) is 15.5. The molecule has 1 aliphatic rings. The van der Waals surface area contributed by atoms with Gasteiger partial charge in [-0.3, -0.25) is 4.79 Å². The van der Waals surface area contributed by atoms with E-state index in [2.05, 4.69) is 18.1 Å². The Morgan fingerprint density at radius 2 is 2.14 bits per heavy atom. The lowest BCUT2D eigenvalue weighted by Crippen LogP contribution is -2.43. The van der Waals surface area contributed by atoms with Crippen LogP contribution in [-0.4, -0.2) is 42.1 Å². The fraction of sp³-hybridized carbons (Fsp3) is 0.400. The molecule has 0 spiro atoms. The number of carbonyl (C=O) groups is 1. The Bertz CT molecular complexity index is 714. The summed E-state index contributed by atoms with van der Waals surface area (Å²) < 4.78 is 48.5. The van der Waals surface area contributed by atoms with Gasteiger partial charge in [-0.2, -0.15) is 13.2 Å². The van der Waals surface area contributed by atoms with Crippen LogP contribution in [0.25, 0.3) is 0 Å². The maximum Gasteiger partial charge on any atom is 0.433 e. The first-order chi connectivity index (χ1) is 13.3. The molecule has 2 rings (SSSR count). The van der Waals surface area contributed by atoms with Crippen molar-refractivity contribution in [3.63, 3.8) is 0 Å². The van der Waals surface area contributed by atoms with Crippen LogP contribution >= 0.6 is 0 Å². The van der Waals surface area contributed by atoms with Crippen molar-refractivity contribution in [1.29, 1.82) is 0 Å². The molecular formula is C20H23F3N2O3. The van der Waals surface area contributed by atoms with Crippen molar-refractivity contribution in [2.24, 2.45) is 5.92 Å². The van der Waals surface area contributed by atoms with E-state index in [0.29, 0.717) is 25.5 Å². The lowest BCUT2D eigenvalue weighted by atomic mass is 9.99. The van der Waals surface area contributed by atoms with Gasteiger partial charge in [-0.25, -0.2) is 4.98 Å². The molecule has 152 valence electrons. The molecule has 1 aromatic heterocycles. The summed E-state index contributed by atoms with van der Waals surface area (Å²) in [5.41, 5.74) is -1.01. The fourth-order valence-electron chi connectivity index (χ4n) is 2.80. The third-order valence-electron chi connectivity index (χ3n) is 4.23. The Morgan fingerprint density at radius 3 is 2.75 bits per heavy atom. The predicted molar refractivity (Wildman–Crippen MR) is 98.5 cm³/mol. The summed E-state index contributed by atoms with van der Waals surface area (Å²) in [6, 6.07) is 1.97. The molecule has 1 aromatic rings. The standard InChI is InChI=1S/C20H23F3N2O3/c1-3-6-16(4-2)27-13-15-7-5-10-25(12-15)19(26)14-28-17-8-9-18(24-11-17)20(21,22)23/h3-4,6,8-9,11,15H,1-2,5,7,10,12-14H2/b16-6+. The number of carbonyl (C=O) groups excluding carboxylic acids is 1. The van der Waals surface area contributed by atoms with Gasteiger partial charge >= 0.3 is 6.18 Å². The Morgan fingerprint density at radius 1 is 1.36 bits per heavy atom. The minimum absolute atomic E-state index is 0.114. The topological polar surface area (TPSA) is 51.7 Å². The molecule has 0 aliphatic carbocycles. The SMILES string of the molecule is C=C/C=C(\C=C)OCC1CCCN(C(=O)COc2ccc(C(F)(F)F)nc2)C1. The number of nitrogens with zero attached hydrogens (tertiary/aromatic N) is 2. The second kappa shape index (κ2) is 9.96. The second-order valence-electron chi connectivity index (χ2n) is 6.33. The van der Waals surface area contributed by atoms with Gasteiger partial charge in [0.25, 0.3) is 5.91 Å². The van der Waals surface area contributed by atoms with Gasteiger partial charge in [-0.1, -0.05) is 19.2 Å². The molecule has 0 N–H and O–H groups in total. The molecule has 0 radical (unpaired) electrons. The minimum Gasteiger partial charge on any atom is -0.493 e. The maximum atomic E-state index is 12.5. The van der Waals surface area contributed by atoms with Crippen LogP contribution < -0.4 is 4.74 Å². The predicted octanol–water partition coefficient (Wildman–Crippen LogP) is 3.99. The lowest BCUT2D eigenvalue weighted by molar-refractivity contribution is -0.141. The Kier molecular flexibility index (Phi) is 7.66. The zero-order valence-corrected chi connectivity index (χ0v) is 15.5. The smallest absolute Gasteiger partial charge is 0.433 e. The molecule has 0 bridgehead atoms. The summed E-state index contributed by atoms with van der Waals surface area (Å²) in [5, 5.41) is 0. The third kappa shape index (κ3) is 6.44. The summed E-state index contributed by atoms with van der Waals surface area (Å²) in [6.45, 7) is 8.63. The largest absolute Gasteiger partial charge is 0.493 e. The van der Waals surface area contributed by atoms with Crippen molar-refractivity contribution in [3.05, 3.63) is 61.2 Å². The molecular weight excluding hydrogens is 373 g/mol. The van der Waals surface area contributed by atoms with Gasteiger partial charge in [0, 0.05) is 19.0 Å². The number of hydrogen-bond acceptors (Lipinski definition) is 4. The number of likely N-dealkylation sites (tertiary alicyclic amines) is 1. The molecule has 1 fully saturated rings. The number of amides is 1. The molecule has 0 aromatic carbocycles. The fourth-order valence-corrected chi connectivity index (χ4v) is 2.80. The van der Waals surface area contributed by atoms with E-state index in [4.69, 9.17) is 9.47 Å². The van der Waals surface area contributed by atoms with E-state index in [1.165, 1.54) is 0 Å². The highest BCUT2D eigenvalue weighted by Gasteiger charge is 2.32. The van der Waals surface area contributed by atoms with Gasteiger partial charge in [0.2, 0.25) is 0 Å². The van der Waals surface area contributed by atoms with Crippen LogP contribution in [0.1, 0.15) is 18.5 Å². The summed E-state index contributed by atoms with van der Waals surface area (Å²) >= 11 is 0. The first-order valence-electron chi connectivity index (χ1n) is 8.85. The number of pyridine rings is 1. The van der Waals surface area contributed by atoms with Crippen molar-refractivity contribution in [3.8, 4) is 5.75 Å². The van der Waals surface area contributed by atoms with Crippen LogP contribution in [-0.2, 0) is 15.7 Å². The molecule has 28 heavy (non-hydrogen) atoms. The van der Waals surface area contributed by atoms with Crippen LogP contribution in [0.5, 0.6) is 5.75 Å². The lowest BCUT2D eigenvalue weighted by Gasteiger charge is -2.32. The van der Waals surface area contributed by atoms with Crippen molar-refractivity contribution in [1.82, 2.24) is 9.88 Å². The van der Waals surface area contributed by atoms with E-state index in [0.717, 1.165) is 31.2 Å². The van der Waals surface area contributed by atoms with Crippen molar-refractivity contribution in [2.75, 3.05) is 26.3 Å². The Balaban J connectivity index is 1.82. The maximum absolute atomic E-state index is 12.5. The third-order valence-corrected chi connectivity index (χ3v) is 4.23. The summed E-state index contributed by atoms with van der Waals surface area (Å²) in [4.78, 5) is 17.3. The van der Waals surface area contributed by atoms with Gasteiger partial charge in [-0.05, 0) is 37.1 Å². The molecule has 1 saturated heterocycles. The zero-order chi connectivity index (χ0) is 20.6. The van der Waals surface area contributed by atoms with Gasteiger partial charge < -0.3 is 14.4 Å². The number of piperidine rings is 1. The molecule has 8 heteroatoms. The number of rotatable bonds is 8. The van der Waals surface area contributed by atoms with Crippen LogP contribution in [0.2, 0.25) is 0 Å². The Labute approximate surface area is 162 Å². The highest BCUT2D eigenvalue weighted by molar-refractivity contribution is 5.77.